The van der Waals surface area contributed by atoms with Gasteiger partial charge in [-0.05, 0) is 61.9 Å². The fourth-order valence-corrected chi connectivity index (χ4v) is 5.04. The lowest BCUT2D eigenvalue weighted by atomic mass is 9.79. The van der Waals surface area contributed by atoms with Gasteiger partial charge in [0.2, 0.25) is 0 Å². The van der Waals surface area contributed by atoms with Gasteiger partial charge in [0.05, 0.1) is 11.4 Å². The number of hydrogen-bond donors (Lipinski definition) is 0. The van der Waals surface area contributed by atoms with Crippen LogP contribution in [-0.4, -0.2) is 9.97 Å². The highest BCUT2D eigenvalue weighted by Gasteiger charge is 2.31. The van der Waals surface area contributed by atoms with Crippen molar-refractivity contribution in [3.05, 3.63) is 28.9 Å². The van der Waals surface area contributed by atoms with Gasteiger partial charge < -0.3 is 0 Å². The highest BCUT2D eigenvalue weighted by Crippen LogP contribution is 2.45. The van der Waals surface area contributed by atoms with Crippen molar-refractivity contribution in [1.82, 2.24) is 9.97 Å². The molecule has 1 fully saturated rings. The Labute approximate surface area is 140 Å². The highest BCUT2D eigenvalue weighted by molar-refractivity contribution is 5.77. The molecule has 0 saturated heterocycles. The summed E-state index contributed by atoms with van der Waals surface area (Å²) in [4.78, 5) is 9.40. The van der Waals surface area contributed by atoms with Crippen LogP contribution < -0.4 is 0 Å². The largest absolute Gasteiger partial charge is 0.241 e. The van der Waals surface area contributed by atoms with Gasteiger partial charge in [-0.25, -0.2) is 9.97 Å². The van der Waals surface area contributed by atoms with Crippen LogP contribution in [0.4, 0.5) is 0 Å². The Morgan fingerprint density at radius 1 is 1.04 bits per heavy atom. The predicted molar refractivity (Wildman–Crippen MR) is 95.1 cm³/mol. The van der Waals surface area contributed by atoms with Crippen LogP contribution in [0.5, 0.6) is 0 Å². The Bertz CT molecular complexity index is 608. The summed E-state index contributed by atoms with van der Waals surface area (Å²) in [6, 6.07) is 0. The summed E-state index contributed by atoms with van der Waals surface area (Å²) < 4.78 is 0. The van der Waals surface area contributed by atoms with Crippen LogP contribution in [-0.2, 0) is 12.8 Å². The van der Waals surface area contributed by atoms with Gasteiger partial charge in [-0.15, -0.1) is 0 Å². The van der Waals surface area contributed by atoms with Crippen LogP contribution in [0.3, 0.4) is 0 Å². The molecule has 1 saturated carbocycles. The van der Waals surface area contributed by atoms with Crippen molar-refractivity contribution in [2.45, 2.75) is 78.1 Å². The van der Waals surface area contributed by atoms with Crippen LogP contribution in [0, 0.1) is 17.8 Å². The Morgan fingerprint density at radius 2 is 1.87 bits per heavy atom. The second kappa shape index (κ2) is 6.37. The molecule has 3 aliphatic carbocycles. The molecule has 124 valence electrons. The van der Waals surface area contributed by atoms with Crippen molar-refractivity contribution in [1.29, 1.82) is 0 Å². The van der Waals surface area contributed by atoms with E-state index in [0.29, 0.717) is 0 Å². The SMILES string of the molecule is CCC1CCC2=C(Cc3ncnc(CC4CCC(C)CC4)c32)C1. The number of allylic oxidation sites excluding steroid dienone is 2. The molecule has 1 unspecified atom stereocenters. The quantitative estimate of drug-likeness (QED) is 0.750. The third-order valence-electron chi connectivity index (χ3n) is 6.65. The summed E-state index contributed by atoms with van der Waals surface area (Å²) in [5, 5.41) is 0. The first-order chi connectivity index (χ1) is 11.2. The lowest BCUT2D eigenvalue weighted by Gasteiger charge is -2.27. The van der Waals surface area contributed by atoms with Gasteiger partial charge in [0.25, 0.3) is 0 Å². The second-order valence-electron chi connectivity index (χ2n) is 8.25. The molecule has 1 aromatic heterocycles. The number of rotatable bonds is 3. The van der Waals surface area contributed by atoms with Crippen molar-refractivity contribution in [3.63, 3.8) is 0 Å². The summed E-state index contributed by atoms with van der Waals surface area (Å²) in [6.45, 7) is 4.75. The number of fused-ring (bicyclic) bond motifs is 2. The molecule has 0 spiro atoms. The molecular weight excluding hydrogens is 280 g/mol. The molecule has 0 aromatic carbocycles. The third kappa shape index (κ3) is 2.97. The van der Waals surface area contributed by atoms with E-state index in [4.69, 9.17) is 4.98 Å². The van der Waals surface area contributed by atoms with Crippen molar-refractivity contribution in [2.24, 2.45) is 17.8 Å². The smallest absolute Gasteiger partial charge is 0.115 e. The molecule has 3 aliphatic rings. The Morgan fingerprint density at radius 3 is 2.65 bits per heavy atom. The van der Waals surface area contributed by atoms with E-state index in [0.717, 1.165) is 24.2 Å². The first-order valence-electron chi connectivity index (χ1n) is 9.78. The maximum Gasteiger partial charge on any atom is 0.115 e. The molecule has 0 N–H and O–H groups in total. The van der Waals surface area contributed by atoms with E-state index in [1.165, 1.54) is 74.7 Å². The minimum absolute atomic E-state index is 0.849. The van der Waals surface area contributed by atoms with E-state index in [9.17, 15) is 0 Å². The topological polar surface area (TPSA) is 25.8 Å². The molecular formula is C21H30N2. The fraction of sp³-hybridized carbons (Fsp3) is 0.714. The summed E-state index contributed by atoms with van der Waals surface area (Å²) in [5.74, 6) is 2.68. The first kappa shape index (κ1) is 15.4. The Balaban J connectivity index is 1.57. The second-order valence-corrected chi connectivity index (χ2v) is 8.25. The van der Waals surface area contributed by atoms with E-state index >= 15 is 0 Å². The van der Waals surface area contributed by atoms with Crippen molar-refractivity contribution in [3.8, 4) is 0 Å². The fourth-order valence-electron chi connectivity index (χ4n) is 5.04. The maximum absolute atomic E-state index is 4.75. The molecule has 0 aliphatic heterocycles. The zero-order valence-corrected chi connectivity index (χ0v) is 14.8. The molecule has 1 heterocycles. The van der Waals surface area contributed by atoms with Gasteiger partial charge >= 0.3 is 0 Å². The van der Waals surface area contributed by atoms with Gasteiger partial charge in [0, 0.05) is 12.0 Å². The predicted octanol–water partition coefficient (Wildman–Crippen LogP) is 5.37. The van der Waals surface area contributed by atoms with Gasteiger partial charge in [0.1, 0.15) is 6.33 Å². The third-order valence-corrected chi connectivity index (χ3v) is 6.65. The van der Waals surface area contributed by atoms with Crippen molar-refractivity contribution in [2.75, 3.05) is 0 Å². The van der Waals surface area contributed by atoms with Crippen LogP contribution in [0.15, 0.2) is 11.9 Å². The number of hydrogen-bond acceptors (Lipinski definition) is 2. The van der Waals surface area contributed by atoms with Gasteiger partial charge in [-0.3, -0.25) is 0 Å². The van der Waals surface area contributed by atoms with Gasteiger partial charge in [-0.2, -0.15) is 0 Å². The van der Waals surface area contributed by atoms with E-state index < -0.39 is 0 Å². The van der Waals surface area contributed by atoms with Gasteiger partial charge in [0.15, 0.2) is 0 Å². The molecule has 23 heavy (non-hydrogen) atoms. The maximum atomic E-state index is 4.75. The molecule has 0 bridgehead atoms. The monoisotopic (exact) mass is 310 g/mol. The van der Waals surface area contributed by atoms with Crippen molar-refractivity contribution < 1.29 is 0 Å². The summed E-state index contributed by atoms with van der Waals surface area (Å²) in [6.07, 6.45) is 15.0. The molecule has 4 rings (SSSR count). The van der Waals surface area contributed by atoms with Gasteiger partial charge in [-0.1, -0.05) is 38.7 Å². The molecule has 1 atom stereocenters. The minimum atomic E-state index is 0.849. The lowest BCUT2D eigenvalue weighted by molar-refractivity contribution is 0.287. The average molecular weight is 310 g/mol. The normalized spacial score (nSPS) is 30.3. The average Bonchev–Trinajstić information content (AvgIpc) is 2.95. The molecule has 0 amide bonds. The summed E-state index contributed by atoms with van der Waals surface area (Å²) >= 11 is 0. The molecule has 2 nitrogen and oxygen atoms in total. The van der Waals surface area contributed by atoms with E-state index in [1.54, 1.807) is 11.1 Å². The lowest BCUT2D eigenvalue weighted by Crippen LogP contribution is -2.16. The minimum Gasteiger partial charge on any atom is -0.241 e. The van der Waals surface area contributed by atoms with E-state index in [2.05, 4.69) is 18.8 Å². The standard InChI is InChI=1S/C21H30N2/c1-3-15-8-9-18-17(10-15)12-20-21(18)19(22-13-23-20)11-16-6-4-14(2)5-7-16/h13-16H,3-12H2,1-2H3. The van der Waals surface area contributed by atoms with Crippen LogP contribution in [0.2, 0.25) is 0 Å². The van der Waals surface area contributed by atoms with Crippen LogP contribution >= 0.6 is 0 Å². The molecule has 1 aromatic rings. The molecule has 2 heteroatoms. The number of aromatic nitrogens is 2. The first-order valence-corrected chi connectivity index (χ1v) is 9.78. The molecule has 0 radical (unpaired) electrons. The van der Waals surface area contributed by atoms with Crippen molar-refractivity contribution >= 4 is 5.57 Å². The summed E-state index contributed by atoms with van der Waals surface area (Å²) in [5.41, 5.74) is 7.52. The zero-order chi connectivity index (χ0) is 15.8. The van der Waals surface area contributed by atoms with Crippen LogP contribution in [0.1, 0.15) is 82.2 Å². The Kier molecular flexibility index (Phi) is 4.26. The highest BCUT2D eigenvalue weighted by atomic mass is 14.9. The number of nitrogens with zero attached hydrogens (tertiary/aromatic N) is 2. The Hall–Kier alpha value is -1.18. The zero-order valence-electron chi connectivity index (χ0n) is 14.8. The van der Waals surface area contributed by atoms with Crippen LogP contribution in [0.25, 0.3) is 5.57 Å². The van der Waals surface area contributed by atoms with E-state index in [-0.39, 0.29) is 0 Å². The summed E-state index contributed by atoms with van der Waals surface area (Å²) in [7, 11) is 0. The van der Waals surface area contributed by atoms with E-state index in [1.807, 2.05) is 6.33 Å².